The molecule has 1 fully saturated rings. The largest absolute Gasteiger partial charge is 0.335 e. The molecule has 5 heteroatoms. The summed E-state index contributed by atoms with van der Waals surface area (Å²) in [6.07, 6.45) is 10.4. The number of nitrogens with zero attached hydrogens (tertiary/aromatic N) is 3. The van der Waals surface area contributed by atoms with Gasteiger partial charge in [-0.25, -0.2) is 0 Å². The minimum Gasteiger partial charge on any atom is -0.335 e. The molecule has 5 rings (SSSR count). The van der Waals surface area contributed by atoms with E-state index < -0.39 is 0 Å². The molecule has 0 saturated heterocycles. The summed E-state index contributed by atoms with van der Waals surface area (Å²) in [5, 5.41) is 8.94. The molecular formula is C26H23N3O2. The number of carbonyl (C=O) groups excluding carboxylic acids is 2. The van der Waals surface area contributed by atoms with Crippen LogP contribution in [-0.4, -0.2) is 34.7 Å². The first-order valence-corrected chi connectivity index (χ1v) is 10.8. The number of hydrogen-bond donors (Lipinski definition) is 0. The van der Waals surface area contributed by atoms with E-state index in [9.17, 15) is 9.59 Å². The van der Waals surface area contributed by atoms with Crippen molar-refractivity contribution in [2.75, 3.05) is 13.1 Å². The molecule has 0 bridgehead atoms. The van der Waals surface area contributed by atoms with Crippen LogP contribution in [0, 0.1) is 17.2 Å². The quantitative estimate of drug-likeness (QED) is 0.749. The lowest BCUT2D eigenvalue weighted by Crippen LogP contribution is -2.34. The van der Waals surface area contributed by atoms with Crippen molar-refractivity contribution in [3.05, 3.63) is 76.1 Å². The normalized spacial score (nSPS) is 17.1. The Kier molecular flexibility index (Phi) is 4.99. The third kappa shape index (κ3) is 3.94. The van der Waals surface area contributed by atoms with E-state index in [1.165, 1.54) is 5.57 Å². The maximum Gasteiger partial charge on any atom is 0.254 e. The summed E-state index contributed by atoms with van der Waals surface area (Å²) < 4.78 is 0. The summed E-state index contributed by atoms with van der Waals surface area (Å²) in [6.45, 7) is 1.19. The van der Waals surface area contributed by atoms with Crippen LogP contribution in [0.2, 0.25) is 0 Å². The van der Waals surface area contributed by atoms with Crippen LogP contribution in [0.15, 0.2) is 42.5 Å². The Morgan fingerprint density at radius 3 is 2.68 bits per heavy atom. The SMILES string of the molecule is N#Cc1ccc(C(=O)N2CC=C(c3cc(CC(=O)C4CC4)nc4c3C=CC4)CC2)cc1. The molecule has 0 unspecified atom stereocenters. The Bertz CT molecular complexity index is 1160. The summed E-state index contributed by atoms with van der Waals surface area (Å²) in [7, 11) is 0. The maximum absolute atomic E-state index is 12.8. The van der Waals surface area contributed by atoms with Crippen LogP contribution in [0.25, 0.3) is 11.6 Å². The number of hydrogen-bond acceptors (Lipinski definition) is 4. The highest BCUT2D eigenvalue weighted by Crippen LogP contribution is 2.34. The van der Waals surface area contributed by atoms with E-state index in [1.807, 2.05) is 4.90 Å². The molecule has 5 nitrogen and oxygen atoms in total. The number of benzene rings is 1. The van der Waals surface area contributed by atoms with Crippen LogP contribution in [0.1, 0.15) is 57.7 Å². The molecule has 154 valence electrons. The number of nitriles is 1. The van der Waals surface area contributed by atoms with Crippen LogP contribution in [0.5, 0.6) is 0 Å². The Hall–Kier alpha value is -3.52. The third-order valence-electron chi connectivity index (χ3n) is 6.28. The van der Waals surface area contributed by atoms with E-state index in [-0.39, 0.29) is 11.8 Å². The van der Waals surface area contributed by atoms with Gasteiger partial charge in [-0.2, -0.15) is 5.26 Å². The van der Waals surface area contributed by atoms with E-state index in [1.54, 1.807) is 24.3 Å². The van der Waals surface area contributed by atoms with E-state index in [0.717, 1.165) is 48.2 Å². The number of fused-ring (bicyclic) bond motifs is 1. The fourth-order valence-electron chi connectivity index (χ4n) is 4.35. The van der Waals surface area contributed by atoms with Crippen molar-refractivity contribution >= 4 is 23.3 Å². The smallest absolute Gasteiger partial charge is 0.254 e. The van der Waals surface area contributed by atoms with Crippen molar-refractivity contribution in [2.24, 2.45) is 5.92 Å². The van der Waals surface area contributed by atoms with Crippen LogP contribution in [0.4, 0.5) is 0 Å². The van der Waals surface area contributed by atoms with Gasteiger partial charge >= 0.3 is 0 Å². The van der Waals surface area contributed by atoms with Crippen molar-refractivity contribution in [1.82, 2.24) is 9.88 Å². The van der Waals surface area contributed by atoms with Crippen LogP contribution < -0.4 is 0 Å². The van der Waals surface area contributed by atoms with Gasteiger partial charge in [0.1, 0.15) is 5.78 Å². The van der Waals surface area contributed by atoms with E-state index in [0.29, 0.717) is 36.4 Å². The summed E-state index contributed by atoms with van der Waals surface area (Å²) >= 11 is 0. The molecule has 1 amide bonds. The second kappa shape index (κ2) is 7.96. The van der Waals surface area contributed by atoms with Gasteiger partial charge < -0.3 is 4.90 Å². The van der Waals surface area contributed by atoms with E-state index in [2.05, 4.69) is 30.4 Å². The summed E-state index contributed by atoms with van der Waals surface area (Å²) in [4.78, 5) is 31.7. The molecule has 0 atom stereocenters. The zero-order chi connectivity index (χ0) is 21.4. The lowest BCUT2D eigenvalue weighted by Gasteiger charge is -2.27. The average Bonchev–Trinajstić information content (AvgIpc) is 3.56. The van der Waals surface area contributed by atoms with Gasteiger partial charge in [0.25, 0.3) is 5.91 Å². The molecule has 0 N–H and O–H groups in total. The number of allylic oxidation sites excluding steroid dienone is 1. The summed E-state index contributed by atoms with van der Waals surface area (Å²) in [5.74, 6) is 0.531. The molecule has 3 aliphatic rings. The molecular weight excluding hydrogens is 386 g/mol. The molecule has 2 aliphatic carbocycles. The first-order chi connectivity index (χ1) is 15.1. The van der Waals surface area contributed by atoms with Gasteiger partial charge in [0.15, 0.2) is 0 Å². The zero-order valence-corrected chi connectivity index (χ0v) is 17.3. The van der Waals surface area contributed by atoms with Gasteiger partial charge in [0.05, 0.1) is 17.3 Å². The highest BCUT2D eigenvalue weighted by Gasteiger charge is 2.30. The van der Waals surface area contributed by atoms with Crippen LogP contribution in [-0.2, 0) is 17.6 Å². The number of carbonyl (C=O) groups is 2. The first kappa shape index (κ1) is 19.4. The molecule has 2 aromatic rings. The van der Waals surface area contributed by atoms with E-state index >= 15 is 0 Å². The Balaban J connectivity index is 1.36. The maximum atomic E-state index is 12.8. The van der Waals surface area contributed by atoms with Crippen LogP contribution >= 0.6 is 0 Å². The Morgan fingerprint density at radius 2 is 2.00 bits per heavy atom. The van der Waals surface area contributed by atoms with E-state index in [4.69, 9.17) is 10.2 Å². The van der Waals surface area contributed by atoms with Crippen molar-refractivity contribution in [3.8, 4) is 6.07 Å². The number of pyridine rings is 1. The van der Waals surface area contributed by atoms with Crippen LogP contribution in [0.3, 0.4) is 0 Å². The average molecular weight is 409 g/mol. The topological polar surface area (TPSA) is 74.1 Å². The van der Waals surface area contributed by atoms with Gasteiger partial charge in [0.2, 0.25) is 0 Å². The fourth-order valence-corrected chi connectivity index (χ4v) is 4.35. The summed E-state index contributed by atoms with van der Waals surface area (Å²) in [6, 6.07) is 10.9. The Morgan fingerprint density at radius 1 is 1.19 bits per heavy atom. The fraction of sp³-hybridized carbons (Fsp3) is 0.308. The molecule has 0 radical (unpaired) electrons. The lowest BCUT2D eigenvalue weighted by molar-refractivity contribution is -0.119. The predicted molar refractivity (Wildman–Crippen MR) is 118 cm³/mol. The van der Waals surface area contributed by atoms with Gasteiger partial charge in [-0.05, 0) is 60.7 Å². The lowest BCUT2D eigenvalue weighted by atomic mass is 9.93. The van der Waals surface area contributed by atoms with Gasteiger partial charge in [0, 0.05) is 48.7 Å². The third-order valence-corrected chi connectivity index (χ3v) is 6.28. The molecule has 1 aliphatic heterocycles. The second-order valence-electron chi connectivity index (χ2n) is 8.47. The van der Waals surface area contributed by atoms with Crippen molar-refractivity contribution in [1.29, 1.82) is 5.26 Å². The molecule has 0 spiro atoms. The highest BCUT2D eigenvalue weighted by atomic mass is 16.2. The summed E-state index contributed by atoms with van der Waals surface area (Å²) in [5.41, 5.74) is 6.59. The molecule has 2 heterocycles. The van der Waals surface area contributed by atoms with Crippen molar-refractivity contribution in [2.45, 2.75) is 32.1 Å². The highest BCUT2D eigenvalue weighted by molar-refractivity contribution is 5.95. The molecule has 1 aromatic carbocycles. The van der Waals surface area contributed by atoms with Crippen molar-refractivity contribution < 1.29 is 9.59 Å². The van der Waals surface area contributed by atoms with Gasteiger partial charge in [-0.1, -0.05) is 18.2 Å². The number of ketones is 1. The Labute approximate surface area is 181 Å². The number of Topliss-reactive ketones (excluding diaryl/α,β-unsaturated/α-hetero) is 1. The minimum absolute atomic E-state index is 0.0182. The zero-order valence-electron chi connectivity index (χ0n) is 17.3. The predicted octanol–water partition coefficient (Wildman–Crippen LogP) is 3.97. The second-order valence-corrected chi connectivity index (χ2v) is 8.47. The monoisotopic (exact) mass is 409 g/mol. The number of aromatic nitrogens is 1. The first-order valence-electron chi connectivity index (χ1n) is 10.8. The standard InChI is InChI=1S/C26H23N3O2/c27-16-17-4-6-20(7-5-17)26(31)29-12-10-18(11-13-29)23-14-21(15-25(30)19-8-9-19)28-24-3-1-2-22(23)24/h1-2,4-7,10,14,19H,3,8-9,11-13,15H2. The number of amides is 1. The minimum atomic E-state index is -0.0182. The molecule has 31 heavy (non-hydrogen) atoms. The number of rotatable bonds is 5. The molecule has 1 saturated carbocycles. The molecule has 1 aromatic heterocycles. The van der Waals surface area contributed by atoms with Gasteiger partial charge in [-0.3, -0.25) is 14.6 Å². The van der Waals surface area contributed by atoms with Crippen molar-refractivity contribution in [3.63, 3.8) is 0 Å². The van der Waals surface area contributed by atoms with Gasteiger partial charge in [-0.15, -0.1) is 0 Å².